The van der Waals surface area contributed by atoms with E-state index >= 15 is 0 Å². The van der Waals surface area contributed by atoms with E-state index in [-0.39, 0.29) is 17.8 Å². The lowest BCUT2D eigenvalue weighted by Gasteiger charge is -2.21. The fourth-order valence-corrected chi connectivity index (χ4v) is 2.18. The molecule has 0 spiro atoms. The van der Waals surface area contributed by atoms with Gasteiger partial charge in [-0.3, -0.25) is 9.59 Å². The van der Waals surface area contributed by atoms with Crippen molar-refractivity contribution in [2.45, 2.75) is 13.8 Å². The van der Waals surface area contributed by atoms with Gasteiger partial charge in [-0.1, -0.05) is 28.9 Å². The maximum Gasteiger partial charge on any atom is 0.310 e. The van der Waals surface area contributed by atoms with Gasteiger partial charge in [0.2, 0.25) is 0 Å². The first-order valence-electron chi connectivity index (χ1n) is 5.96. The van der Waals surface area contributed by atoms with Crippen LogP contribution < -0.4 is 0 Å². The molecular formula is C14H18BrNO3. The molecule has 0 aliphatic rings. The molecule has 1 rings (SSSR count). The Morgan fingerprint density at radius 2 is 2.05 bits per heavy atom. The topological polar surface area (TPSA) is 46.6 Å². The molecule has 0 aromatic heterocycles. The summed E-state index contributed by atoms with van der Waals surface area (Å²) in [5.74, 6) is -0.758. The van der Waals surface area contributed by atoms with Crippen molar-refractivity contribution in [3.8, 4) is 0 Å². The highest BCUT2D eigenvalue weighted by Gasteiger charge is 2.20. The SMILES string of the molecule is COC(=O)C(C)CN(C)C(=O)c1cccc(Br)c1C. The second kappa shape index (κ2) is 6.70. The lowest BCUT2D eigenvalue weighted by molar-refractivity contribution is -0.145. The highest BCUT2D eigenvalue weighted by Crippen LogP contribution is 2.20. The van der Waals surface area contributed by atoms with Gasteiger partial charge in [0.15, 0.2) is 0 Å². The number of hydrogen-bond acceptors (Lipinski definition) is 3. The van der Waals surface area contributed by atoms with E-state index in [1.807, 2.05) is 19.1 Å². The summed E-state index contributed by atoms with van der Waals surface area (Å²) in [5.41, 5.74) is 1.53. The van der Waals surface area contributed by atoms with Gasteiger partial charge < -0.3 is 9.64 Å². The molecule has 0 saturated heterocycles. The molecule has 0 aliphatic heterocycles. The lowest BCUT2D eigenvalue weighted by atomic mass is 10.1. The predicted molar refractivity (Wildman–Crippen MR) is 77.0 cm³/mol. The number of ether oxygens (including phenoxy) is 1. The molecule has 0 radical (unpaired) electrons. The van der Waals surface area contributed by atoms with Crippen molar-refractivity contribution in [3.63, 3.8) is 0 Å². The van der Waals surface area contributed by atoms with Crippen LogP contribution in [0.25, 0.3) is 0 Å². The van der Waals surface area contributed by atoms with Crippen molar-refractivity contribution < 1.29 is 14.3 Å². The van der Waals surface area contributed by atoms with Crippen LogP contribution in [0.3, 0.4) is 0 Å². The van der Waals surface area contributed by atoms with Crippen LogP contribution in [0.1, 0.15) is 22.8 Å². The quantitative estimate of drug-likeness (QED) is 0.799. The zero-order chi connectivity index (χ0) is 14.6. The number of amides is 1. The van der Waals surface area contributed by atoms with Crippen molar-refractivity contribution in [3.05, 3.63) is 33.8 Å². The number of halogens is 1. The monoisotopic (exact) mass is 327 g/mol. The van der Waals surface area contributed by atoms with Crippen molar-refractivity contribution in [1.82, 2.24) is 4.90 Å². The average molecular weight is 328 g/mol. The molecule has 1 unspecified atom stereocenters. The van der Waals surface area contributed by atoms with E-state index in [1.165, 1.54) is 12.0 Å². The van der Waals surface area contributed by atoms with E-state index < -0.39 is 0 Å². The summed E-state index contributed by atoms with van der Waals surface area (Å²) in [5, 5.41) is 0. The molecule has 1 amide bonds. The molecule has 0 N–H and O–H groups in total. The standard InChI is InChI=1S/C14H18BrNO3/c1-9(14(18)19-4)8-16(3)13(17)11-6-5-7-12(15)10(11)2/h5-7,9H,8H2,1-4H3. The number of benzene rings is 1. The zero-order valence-electron chi connectivity index (χ0n) is 11.6. The van der Waals surface area contributed by atoms with Gasteiger partial charge in [-0.25, -0.2) is 0 Å². The maximum atomic E-state index is 12.3. The number of nitrogens with zero attached hydrogens (tertiary/aromatic N) is 1. The normalized spacial score (nSPS) is 11.8. The molecule has 1 aromatic carbocycles. The number of hydrogen-bond donors (Lipinski definition) is 0. The predicted octanol–water partition coefficient (Wildman–Crippen LogP) is 2.64. The largest absolute Gasteiger partial charge is 0.469 e. The average Bonchev–Trinajstić information content (AvgIpc) is 2.39. The molecule has 19 heavy (non-hydrogen) atoms. The van der Waals surface area contributed by atoms with E-state index in [1.54, 1.807) is 20.0 Å². The zero-order valence-corrected chi connectivity index (χ0v) is 13.2. The molecule has 0 bridgehead atoms. The fraction of sp³-hybridized carbons (Fsp3) is 0.429. The highest BCUT2D eigenvalue weighted by atomic mass is 79.9. The summed E-state index contributed by atoms with van der Waals surface area (Å²) >= 11 is 3.40. The summed E-state index contributed by atoms with van der Waals surface area (Å²) in [6.07, 6.45) is 0. The number of methoxy groups -OCH3 is 1. The van der Waals surface area contributed by atoms with E-state index in [4.69, 9.17) is 0 Å². The van der Waals surface area contributed by atoms with Gasteiger partial charge in [0.25, 0.3) is 5.91 Å². The third kappa shape index (κ3) is 3.80. The van der Waals surface area contributed by atoms with Crippen LogP contribution in [0.2, 0.25) is 0 Å². The van der Waals surface area contributed by atoms with Crippen molar-refractivity contribution in [2.75, 3.05) is 20.7 Å². The Balaban J connectivity index is 2.83. The number of rotatable bonds is 4. The molecule has 104 valence electrons. The van der Waals surface area contributed by atoms with Gasteiger partial charge >= 0.3 is 5.97 Å². The smallest absolute Gasteiger partial charge is 0.310 e. The Morgan fingerprint density at radius 3 is 2.63 bits per heavy atom. The molecule has 0 heterocycles. The van der Waals surface area contributed by atoms with Crippen molar-refractivity contribution >= 4 is 27.8 Å². The summed E-state index contributed by atoms with van der Waals surface area (Å²) < 4.78 is 5.55. The van der Waals surface area contributed by atoms with Crippen LogP contribution in [-0.2, 0) is 9.53 Å². The fourth-order valence-electron chi connectivity index (χ4n) is 1.81. The molecule has 5 heteroatoms. The molecule has 1 atom stereocenters. The maximum absolute atomic E-state index is 12.3. The summed E-state index contributed by atoms with van der Waals surface area (Å²) in [6.45, 7) is 3.95. The molecule has 0 fully saturated rings. The second-order valence-corrected chi connectivity index (χ2v) is 5.38. The first kappa shape index (κ1) is 15.7. The van der Waals surface area contributed by atoms with Gasteiger partial charge in [0.1, 0.15) is 0 Å². The van der Waals surface area contributed by atoms with Crippen LogP contribution >= 0.6 is 15.9 Å². The third-order valence-corrected chi connectivity index (χ3v) is 3.86. The van der Waals surface area contributed by atoms with Gasteiger partial charge in [-0.15, -0.1) is 0 Å². The Morgan fingerprint density at radius 1 is 1.42 bits per heavy atom. The van der Waals surface area contributed by atoms with Gasteiger partial charge in [-0.2, -0.15) is 0 Å². The van der Waals surface area contributed by atoms with Crippen LogP contribution in [0.15, 0.2) is 22.7 Å². The van der Waals surface area contributed by atoms with E-state index in [0.717, 1.165) is 10.0 Å². The van der Waals surface area contributed by atoms with Crippen LogP contribution in [0.5, 0.6) is 0 Å². The van der Waals surface area contributed by atoms with Gasteiger partial charge in [0, 0.05) is 23.6 Å². The molecule has 1 aromatic rings. The van der Waals surface area contributed by atoms with Gasteiger partial charge in [0.05, 0.1) is 13.0 Å². The number of esters is 1. The summed E-state index contributed by atoms with van der Waals surface area (Å²) in [6, 6.07) is 5.49. The lowest BCUT2D eigenvalue weighted by Crippen LogP contribution is -2.34. The van der Waals surface area contributed by atoms with E-state index in [2.05, 4.69) is 20.7 Å². The van der Waals surface area contributed by atoms with Crippen molar-refractivity contribution in [2.24, 2.45) is 5.92 Å². The van der Waals surface area contributed by atoms with E-state index in [0.29, 0.717) is 12.1 Å². The highest BCUT2D eigenvalue weighted by molar-refractivity contribution is 9.10. The first-order valence-corrected chi connectivity index (χ1v) is 6.76. The minimum absolute atomic E-state index is 0.102. The minimum Gasteiger partial charge on any atom is -0.469 e. The Labute approximate surface area is 121 Å². The third-order valence-electron chi connectivity index (χ3n) is 3.00. The Kier molecular flexibility index (Phi) is 5.54. The Bertz CT molecular complexity index is 488. The van der Waals surface area contributed by atoms with Crippen LogP contribution in [0, 0.1) is 12.8 Å². The number of carbonyl (C=O) groups excluding carboxylic acids is 2. The Hall–Kier alpha value is -1.36. The minimum atomic E-state index is -0.341. The molecule has 0 saturated carbocycles. The molecule has 4 nitrogen and oxygen atoms in total. The van der Waals surface area contributed by atoms with Gasteiger partial charge in [-0.05, 0) is 24.6 Å². The van der Waals surface area contributed by atoms with Crippen LogP contribution in [0.4, 0.5) is 0 Å². The molecule has 0 aliphatic carbocycles. The van der Waals surface area contributed by atoms with Crippen molar-refractivity contribution in [1.29, 1.82) is 0 Å². The second-order valence-electron chi connectivity index (χ2n) is 4.52. The first-order chi connectivity index (χ1) is 8.88. The van der Waals surface area contributed by atoms with E-state index in [9.17, 15) is 9.59 Å². The molecular weight excluding hydrogens is 310 g/mol. The van der Waals surface area contributed by atoms with Crippen LogP contribution in [-0.4, -0.2) is 37.5 Å². The summed E-state index contributed by atoms with van der Waals surface area (Å²) in [4.78, 5) is 25.2. The summed E-state index contributed by atoms with van der Waals surface area (Å²) in [7, 11) is 3.03. The number of carbonyl (C=O) groups is 2.